The van der Waals surface area contributed by atoms with Crippen LogP contribution < -0.4 is 4.74 Å². The Kier molecular flexibility index (Phi) is 6.09. The molecule has 0 aromatic heterocycles. The van der Waals surface area contributed by atoms with Gasteiger partial charge in [-0.05, 0) is 43.7 Å². The van der Waals surface area contributed by atoms with E-state index in [1.54, 1.807) is 19.1 Å². The number of hydrogen-bond donors (Lipinski definition) is 1. The van der Waals surface area contributed by atoms with Gasteiger partial charge >= 0.3 is 12.1 Å². The molecule has 0 saturated heterocycles. The third-order valence-electron chi connectivity index (χ3n) is 3.61. The van der Waals surface area contributed by atoms with Crippen molar-refractivity contribution >= 4 is 5.97 Å². The largest absolute Gasteiger partial charge is 0.481 e. The summed E-state index contributed by atoms with van der Waals surface area (Å²) in [6.07, 6.45) is -4.29. The first-order valence-corrected chi connectivity index (χ1v) is 7.89. The molecule has 1 unspecified atom stereocenters. The zero-order chi connectivity index (χ0) is 18.4. The quantitative estimate of drug-likeness (QED) is 0.751. The van der Waals surface area contributed by atoms with Gasteiger partial charge in [-0.1, -0.05) is 29.8 Å². The number of ether oxygens (including phenoxy) is 2. The van der Waals surface area contributed by atoms with Gasteiger partial charge in [0.15, 0.2) is 0 Å². The molecular weight excluding hydrogens is 330 g/mol. The SMILES string of the molecule is CCOC(CC(=O)O)c1ccc(OC(F)(F)c2ccc(C)cc2)cc1. The number of aryl methyl sites for hydroxylation is 1. The third kappa shape index (κ3) is 5.26. The van der Waals surface area contributed by atoms with E-state index in [2.05, 4.69) is 0 Å². The first kappa shape index (κ1) is 18.9. The molecule has 2 rings (SSSR count). The summed E-state index contributed by atoms with van der Waals surface area (Å²) in [5, 5.41) is 8.92. The maximum atomic E-state index is 14.2. The van der Waals surface area contributed by atoms with Crippen LogP contribution in [0.25, 0.3) is 0 Å². The number of rotatable bonds is 8. The van der Waals surface area contributed by atoms with E-state index in [0.29, 0.717) is 12.2 Å². The summed E-state index contributed by atoms with van der Waals surface area (Å²) in [4.78, 5) is 10.9. The molecular formula is C19H20F2O4. The zero-order valence-corrected chi connectivity index (χ0v) is 14.0. The van der Waals surface area contributed by atoms with E-state index >= 15 is 0 Å². The fourth-order valence-electron chi connectivity index (χ4n) is 2.34. The molecule has 0 aliphatic carbocycles. The Balaban J connectivity index is 2.13. The number of carboxylic acid groups (broad SMARTS) is 1. The highest BCUT2D eigenvalue weighted by molar-refractivity contribution is 5.67. The van der Waals surface area contributed by atoms with Gasteiger partial charge < -0.3 is 14.6 Å². The minimum Gasteiger partial charge on any atom is -0.481 e. The minimum atomic E-state index is -3.46. The number of carbonyl (C=O) groups is 1. The molecule has 0 saturated carbocycles. The van der Waals surface area contributed by atoms with Crippen molar-refractivity contribution in [2.45, 2.75) is 32.5 Å². The van der Waals surface area contributed by atoms with Crippen LogP contribution in [-0.4, -0.2) is 17.7 Å². The van der Waals surface area contributed by atoms with Gasteiger partial charge in [0, 0.05) is 6.61 Å². The molecule has 134 valence electrons. The predicted molar refractivity (Wildman–Crippen MR) is 88.8 cm³/mol. The average Bonchev–Trinajstić information content (AvgIpc) is 2.55. The number of halogens is 2. The molecule has 0 bridgehead atoms. The highest BCUT2D eigenvalue weighted by Gasteiger charge is 2.34. The summed E-state index contributed by atoms with van der Waals surface area (Å²) in [5.41, 5.74) is 1.24. The maximum Gasteiger partial charge on any atom is 0.426 e. The van der Waals surface area contributed by atoms with Crippen LogP contribution in [0.15, 0.2) is 48.5 Å². The van der Waals surface area contributed by atoms with Crippen LogP contribution in [0.4, 0.5) is 8.78 Å². The van der Waals surface area contributed by atoms with Crippen LogP contribution in [0.2, 0.25) is 0 Å². The molecule has 0 amide bonds. The summed E-state index contributed by atoms with van der Waals surface area (Å²) < 4.78 is 38.6. The number of hydrogen-bond acceptors (Lipinski definition) is 3. The molecule has 0 heterocycles. The van der Waals surface area contributed by atoms with E-state index in [-0.39, 0.29) is 17.7 Å². The van der Waals surface area contributed by atoms with Crippen LogP contribution in [-0.2, 0) is 15.6 Å². The first-order chi connectivity index (χ1) is 11.8. The second-order valence-corrected chi connectivity index (χ2v) is 5.60. The van der Waals surface area contributed by atoms with Crippen LogP contribution >= 0.6 is 0 Å². The van der Waals surface area contributed by atoms with Crippen molar-refractivity contribution in [3.63, 3.8) is 0 Å². The Morgan fingerprint density at radius 1 is 1.12 bits per heavy atom. The Morgan fingerprint density at radius 2 is 1.72 bits per heavy atom. The maximum absolute atomic E-state index is 14.2. The lowest BCUT2D eigenvalue weighted by Gasteiger charge is -2.20. The number of benzene rings is 2. The van der Waals surface area contributed by atoms with E-state index in [0.717, 1.165) is 5.56 Å². The standard InChI is InChI=1S/C19H20F2O4/c1-3-24-17(12-18(22)23)14-6-10-16(11-7-14)25-19(20,21)15-8-4-13(2)5-9-15/h4-11,17H,3,12H2,1-2H3,(H,22,23). The van der Waals surface area contributed by atoms with Gasteiger partial charge in [-0.25, -0.2) is 0 Å². The normalized spacial score (nSPS) is 12.6. The summed E-state index contributed by atoms with van der Waals surface area (Å²) in [6.45, 7) is 3.92. The Morgan fingerprint density at radius 3 is 2.24 bits per heavy atom. The Labute approximate surface area is 145 Å². The van der Waals surface area contributed by atoms with Crippen LogP contribution in [0.3, 0.4) is 0 Å². The van der Waals surface area contributed by atoms with Crippen LogP contribution in [0.5, 0.6) is 5.75 Å². The van der Waals surface area contributed by atoms with E-state index < -0.39 is 18.2 Å². The monoisotopic (exact) mass is 350 g/mol. The lowest BCUT2D eigenvalue weighted by Crippen LogP contribution is -2.21. The number of carboxylic acids is 1. The molecule has 4 nitrogen and oxygen atoms in total. The number of alkyl halides is 2. The fraction of sp³-hybridized carbons (Fsp3) is 0.316. The topological polar surface area (TPSA) is 55.8 Å². The highest BCUT2D eigenvalue weighted by atomic mass is 19.3. The smallest absolute Gasteiger partial charge is 0.426 e. The molecule has 25 heavy (non-hydrogen) atoms. The van der Waals surface area contributed by atoms with Crippen molar-refractivity contribution < 1.29 is 28.2 Å². The van der Waals surface area contributed by atoms with Crippen molar-refractivity contribution in [3.8, 4) is 5.75 Å². The fourth-order valence-corrected chi connectivity index (χ4v) is 2.34. The third-order valence-corrected chi connectivity index (χ3v) is 3.61. The van der Waals surface area contributed by atoms with Gasteiger partial charge in [0.2, 0.25) is 0 Å². The summed E-state index contributed by atoms with van der Waals surface area (Å²) >= 11 is 0. The van der Waals surface area contributed by atoms with Crippen molar-refractivity contribution in [2.75, 3.05) is 6.61 Å². The molecule has 1 atom stereocenters. The summed E-state index contributed by atoms with van der Waals surface area (Å²) in [7, 11) is 0. The molecule has 6 heteroatoms. The molecule has 0 radical (unpaired) electrons. The molecule has 1 N–H and O–H groups in total. The first-order valence-electron chi connectivity index (χ1n) is 7.89. The van der Waals surface area contributed by atoms with Crippen molar-refractivity contribution in [1.29, 1.82) is 0 Å². The summed E-state index contributed by atoms with van der Waals surface area (Å²) in [6, 6.07) is 11.6. The van der Waals surface area contributed by atoms with Crippen molar-refractivity contribution in [3.05, 3.63) is 65.2 Å². The van der Waals surface area contributed by atoms with Gasteiger partial charge in [-0.2, -0.15) is 8.78 Å². The lowest BCUT2D eigenvalue weighted by molar-refractivity contribution is -0.185. The van der Waals surface area contributed by atoms with Crippen LogP contribution in [0.1, 0.15) is 36.1 Å². The van der Waals surface area contributed by atoms with Gasteiger partial charge in [-0.15, -0.1) is 0 Å². The Bertz CT molecular complexity index is 696. The zero-order valence-electron chi connectivity index (χ0n) is 14.0. The molecule has 0 fully saturated rings. The molecule has 0 spiro atoms. The summed E-state index contributed by atoms with van der Waals surface area (Å²) in [5.74, 6) is -1.01. The van der Waals surface area contributed by atoms with E-state index in [1.165, 1.54) is 36.4 Å². The number of aliphatic carboxylic acids is 1. The van der Waals surface area contributed by atoms with Gasteiger partial charge in [0.05, 0.1) is 18.1 Å². The Hall–Kier alpha value is -2.47. The average molecular weight is 350 g/mol. The second-order valence-electron chi connectivity index (χ2n) is 5.60. The molecule has 0 aliphatic heterocycles. The molecule has 2 aromatic rings. The second kappa shape index (κ2) is 8.07. The van der Waals surface area contributed by atoms with Crippen LogP contribution in [0, 0.1) is 6.92 Å². The predicted octanol–water partition coefficient (Wildman–Crippen LogP) is 4.68. The van der Waals surface area contributed by atoms with Gasteiger partial charge in [0.1, 0.15) is 5.75 Å². The van der Waals surface area contributed by atoms with E-state index in [1.807, 2.05) is 6.92 Å². The van der Waals surface area contributed by atoms with Crippen molar-refractivity contribution in [1.82, 2.24) is 0 Å². The van der Waals surface area contributed by atoms with Gasteiger partial charge in [0.25, 0.3) is 0 Å². The highest BCUT2D eigenvalue weighted by Crippen LogP contribution is 2.32. The van der Waals surface area contributed by atoms with Crippen molar-refractivity contribution in [2.24, 2.45) is 0 Å². The molecule has 2 aromatic carbocycles. The van der Waals surface area contributed by atoms with E-state index in [9.17, 15) is 13.6 Å². The molecule has 0 aliphatic rings. The lowest BCUT2D eigenvalue weighted by atomic mass is 10.1. The van der Waals surface area contributed by atoms with Gasteiger partial charge in [-0.3, -0.25) is 4.79 Å². The minimum absolute atomic E-state index is 0.0140. The van der Waals surface area contributed by atoms with E-state index in [4.69, 9.17) is 14.6 Å².